The normalized spacial score (nSPS) is 8.30. The van der Waals surface area contributed by atoms with Gasteiger partial charge in [-0.05, 0) is 32.1 Å². The van der Waals surface area contributed by atoms with Crippen LogP contribution in [0.5, 0.6) is 0 Å². The molecule has 6 heteroatoms. The fraction of sp³-hybridized carbons (Fsp3) is 0.429. The van der Waals surface area contributed by atoms with E-state index >= 15 is 0 Å². The first-order valence-electron chi connectivity index (χ1n) is 6.30. The Kier molecular flexibility index (Phi) is 13.8. The van der Waals surface area contributed by atoms with Crippen molar-refractivity contribution in [3.8, 4) is 0 Å². The first-order chi connectivity index (χ1) is 9.63. The summed E-state index contributed by atoms with van der Waals surface area (Å²) in [7, 11) is 4.54. The van der Waals surface area contributed by atoms with Gasteiger partial charge in [-0.3, -0.25) is 9.59 Å². The fourth-order valence-corrected chi connectivity index (χ4v) is 1.31. The molecular formula is C14H26N4O2. The third-order valence-electron chi connectivity index (χ3n) is 2.34. The second-order valence-electron chi connectivity index (χ2n) is 3.55. The summed E-state index contributed by atoms with van der Waals surface area (Å²) in [5, 5.41) is 5.00. The van der Waals surface area contributed by atoms with Crippen LogP contribution in [-0.2, 0) is 16.0 Å². The van der Waals surface area contributed by atoms with E-state index in [1.807, 2.05) is 31.2 Å². The van der Waals surface area contributed by atoms with E-state index in [0.29, 0.717) is 6.42 Å². The summed E-state index contributed by atoms with van der Waals surface area (Å²) in [6, 6.07) is 7.70. The molecule has 2 amide bonds. The zero-order valence-electron chi connectivity index (χ0n) is 12.7. The van der Waals surface area contributed by atoms with Gasteiger partial charge >= 0.3 is 0 Å². The van der Waals surface area contributed by atoms with Gasteiger partial charge in [0.1, 0.15) is 0 Å². The first kappa shape index (κ1) is 20.4. The quantitative estimate of drug-likeness (QED) is 0.599. The van der Waals surface area contributed by atoms with E-state index in [1.54, 1.807) is 0 Å². The van der Waals surface area contributed by atoms with Crippen LogP contribution in [0.4, 0.5) is 0 Å². The van der Waals surface area contributed by atoms with E-state index in [1.165, 1.54) is 21.1 Å². The van der Waals surface area contributed by atoms with Gasteiger partial charge in [-0.15, -0.1) is 0 Å². The van der Waals surface area contributed by atoms with Crippen LogP contribution >= 0.6 is 0 Å². The molecule has 0 aliphatic carbocycles. The summed E-state index contributed by atoms with van der Waals surface area (Å²) < 4.78 is 0. The Bertz CT molecular complexity index is 395. The predicted molar refractivity (Wildman–Crippen MR) is 82.2 cm³/mol. The molecule has 0 heterocycles. The maximum atomic E-state index is 11.5. The number of rotatable bonds is 4. The van der Waals surface area contributed by atoms with Crippen molar-refractivity contribution < 1.29 is 9.59 Å². The van der Waals surface area contributed by atoms with Crippen molar-refractivity contribution in [1.29, 1.82) is 0 Å². The molecule has 6 N–H and O–H groups in total. The highest BCUT2D eigenvalue weighted by molar-refractivity contribution is 5.85. The molecule has 1 rings (SSSR count). The lowest BCUT2D eigenvalue weighted by molar-refractivity contribution is -0.125. The molecule has 0 spiro atoms. The Morgan fingerprint density at radius 1 is 1.05 bits per heavy atom. The number of hydrogen-bond donors (Lipinski definition) is 4. The van der Waals surface area contributed by atoms with Crippen LogP contribution in [-0.4, -0.2) is 39.5 Å². The number of likely N-dealkylation sites (N-methyl/N-ethyl adjacent to an activating group) is 1. The van der Waals surface area contributed by atoms with E-state index in [2.05, 4.69) is 22.1 Å². The topological polar surface area (TPSA) is 110 Å². The molecule has 0 fully saturated rings. The van der Waals surface area contributed by atoms with Gasteiger partial charge in [-0.25, -0.2) is 0 Å². The molecule has 0 aliphatic rings. The van der Waals surface area contributed by atoms with Gasteiger partial charge in [0.05, 0.1) is 13.0 Å². The minimum Gasteiger partial charge on any atom is -0.358 e. The summed E-state index contributed by atoms with van der Waals surface area (Å²) in [5.74, 6) is -0.337. The molecule has 0 radical (unpaired) electrons. The lowest BCUT2D eigenvalue weighted by Crippen LogP contribution is -2.35. The Labute approximate surface area is 120 Å². The Balaban J connectivity index is 0. The highest BCUT2D eigenvalue weighted by atomic mass is 16.2. The Hall–Kier alpha value is -1.92. The maximum Gasteiger partial charge on any atom is 0.239 e. The van der Waals surface area contributed by atoms with Crippen LogP contribution in [0.25, 0.3) is 0 Å². The lowest BCUT2D eigenvalue weighted by Gasteiger charge is -2.06. The van der Waals surface area contributed by atoms with E-state index in [9.17, 15) is 9.59 Å². The zero-order chi connectivity index (χ0) is 16.0. The monoisotopic (exact) mass is 282 g/mol. The Morgan fingerprint density at radius 2 is 1.60 bits per heavy atom. The zero-order valence-corrected chi connectivity index (χ0v) is 12.7. The van der Waals surface area contributed by atoms with Crippen molar-refractivity contribution in [2.45, 2.75) is 13.3 Å². The van der Waals surface area contributed by atoms with Crippen LogP contribution in [0.15, 0.2) is 24.3 Å². The van der Waals surface area contributed by atoms with Crippen molar-refractivity contribution >= 4 is 11.8 Å². The molecule has 0 bridgehead atoms. The lowest BCUT2D eigenvalue weighted by atomic mass is 10.1. The number of carbonyl (C=O) groups is 2. The molecular weight excluding hydrogens is 256 g/mol. The van der Waals surface area contributed by atoms with Gasteiger partial charge in [0.2, 0.25) is 11.8 Å². The van der Waals surface area contributed by atoms with Crippen molar-refractivity contribution in [3.63, 3.8) is 0 Å². The number of nitrogens with one attached hydrogen (secondary N) is 2. The van der Waals surface area contributed by atoms with Crippen molar-refractivity contribution in [2.75, 3.05) is 27.7 Å². The van der Waals surface area contributed by atoms with Crippen LogP contribution in [0.3, 0.4) is 0 Å². The number of aryl methyl sites for hydroxylation is 1. The second kappa shape index (κ2) is 13.5. The number of amides is 2. The predicted octanol–water partition coefficient (Wildman–Crippen LogP) is -0.450. The van der Waals surface area contributed by atoms with E-state index in [-0.39, 0.29) is 18.4 Å². The van der Waals surface area contributed by atoms with E-state index < -0.39 is 0 Å². The van der Waals surface area contributed by atoms with Crippen molar-refractivity contribution in [3.05, 3.63) is 35.4 Å². The minimum absolute atomic E-state index is 0.0290. The van der Waals surface area contributed by atoms with Gasteiger partial charge in [-0.1, -0.05) is 24.3 Å². The minimum atomic E-state index is -0.196. The summed E-state index contributed by atoms with van der Waals surface area (Å²) in [4.78, 5) is 22.4. The molecule has 0 saturated heterocycles. The van der Waals surface area contributed by atoms with Gasteiger partial charge in [0, 0.05) is 7.05 Å². The molecule has 6 nitrogen and oxygen atoms in total. The van der Waals surface area contributed by atoms with Crippen LogP contribution in [0.1, 0.15) is 11.1 Å². The average molecular weight is 282 g/mol. The molecule has 0 aromatic heterocycles. The van der Waals surface area contributed by atoms with E-state index in [4.69, 9.17) is 0 Å². The summed E-state index contributed by atoms with van der Waals surface area (Å²) in [6.07, 6.45) is 0.309. The van der Waals surface area contributed by atoms with E-state index in [0.717, 1.165) is 11.1 Å². The maximum absolute atomic E-state index is 11.5. The van der Waals surface area contributed by atoms with Crippen LogP contribution in [0.2, 0.25) is 0 Å². The average Bonchev–Trinajstić information content (AvgIpc) is 2.51. The summed E-state index contributed by atoms with van der Waals surface area (Å²) in [6.45, 7) is 1.99. The number of nitrogens with two attached hydrogens (primary N) is 2. The molecule has 0 atom stereocenters. The second-order valence-corrected chi connectivity index (χ2v) is 3.55. The Morgan fingerprint density at radius 3 is 2.10 bits per heavy atom. The molecule has 1 aromatic carbocycles. The first-order valence-corrected chi connectivity index (χ1v) is 6.30. The number of carbonyl (C=O) groups excluding carboxylic acids is 2. The third-order valence-corrected chi connectivity index (χ3v) is 2.34. The van der Waals surface area contributed by atoms with Crippen molar-refractivity contribution in [2.24, 2.45) is 11.5 Å². The third kappa shape index (κ3) is 9.07. The van der Waals surface area contributed by atoms with Crippen molar-refractivity contribution in [1.82, 2.24) is 10.6 Å². The fourth-order valence-electron chi connectivity index (χ4n) is 1.31. The molecule has 20 heavy (non-hydrogen) atoms. The SMILES string of the molecule is CN.CN.CNC(=O)CNC(=O)Cc1ccccc1C. The van der Waals surface area contributed by atoms with Gasteiger partial charge in [-0.2, -0.15) is 0 Å². The molecule has 0 unspecified atom stereocenters. The highest BCUT2D eigenvalue weighted by Crippen LogP contribution is 2.07. The smallest absolute Gasteiger partial charge is 0.239 e. The standard InChI is InChI=1S/C12H16N2O2.2CH5N/c1-9-5-3-4-6-10(9)7-11(15)14-8-12(16)13-2;2*1-2/h3-6H,7-8H2,1-2H3,(H,13,16)(H,14,15);2*2H2,1H3. The largest absolute Gasteiger partial charge is 0.358 e. The molecule has 0 aliphatic heterocycles. The molecule has 1 aromatic rings. The molecule has 114 valence electrons. The van der Waals surface area contributed by atoms with Gasteiger partial charge < -0.3 is 22.1 Å². The highest BCUT2D eigenvalue weighted by Gasteiger charge is 2.06. The molecule has 0 saturated carbocycles. The summed E-state index contributed by atoms with van der Waals surface area (Å²) in [5.41, 5.74) is 11.1. The summed E-state index contributed by atoms with van der Waals surface area (Å²) >= 11 is 0. The van der Waals surface area contributed by atoms with Gasteiger partial charge in [0.25, 0.3) is 0 Å². The van der Waals surface area contributed by atoms with Crippen LogP contribution < -0.4 is 22.1 Å². The van der Waals surface area contributed by atoms with Gasteiger partial charge in [0.15, 0.2) is 0 Å². The number of hydrogen-bond acceptors (Lipinski definition) is 4. The van der Waals surface area contributed by atoms with Crippen LogP contribution in [0, 0.1) is 6.92 Å². The number of benzene rings is 1.